The maximum Gasteiger partial charge on any atom is 0.339 e. The van der Waals surface area contributed by atoms with E-state index in [1.165, 1.54) is 6.07 Å². The Balaban J connectivity index is 1.84. The number of furan rings is 1. The van der Waals surface area contributed by atoms with E-state index in [1.807, 2.05) is 0 Å². The van der Waals surface area contributed by atoms with Crippen LogP contribution in [0, 0.1) is 6.92 Å². The van der Waals surface area contributed by atoms with E-state index in [4.69, 9.17) is 14.3 Å². The number of methoxy groups -OCH3 is 1. The van der Waals surface area contributed by atoms with Gasteiger partial charge in [-0.3, -0.25) is 0 Å². The number of carboxylic acids is 1. The summed E-state index contributed by atoms with van der Waals surface area (Å²) in [6.45, 7) is 1.72. The first kappa shape index (κ1) is 15.4. The van der Waals surface area contributed by atoms with Crippen molar-refractivity contribution in [3.63, 3.8) is 0 Å². The smallest absolute Gasteiger partial charge is 0.339 e. The van der Waals surface area contributed by atoms with E-state index in [1.54, 1.807) is 14.0 Å². The van der Waals surface area contributed by atoms with Crippen molar-refractivity contribution >= 4 is 12.0 Å². The minimum atomic E-state index is -1.04. The zero-order chi connectivity index (χ0) is 15.4. The van der Waals surface area contributed by atoms with Crippen LogP contribution in [0.1, 0.15) is 41.1 Å². The minimum Gasteiger partial charge on any atom is -0.478 e. The quantitative estimate of drug-likeness (QED) is 0.767. The van der Waals surface area contributed by atoms with Gasteiger partial charge in [-0.25, -0.2) is 9.59 Å². The Bertz CT molecular complexity index is 525. The molecule has 7 heteroatoms. The number of aromatic carboxylic acids is 1. The normalized spacial score (nSPS) is 21.2. The van der Waals surface area contributed by atoms with Gasteiger partial charge in [-0.2, -0.15) is 0 Å². The number of carbonyl (C=O) groups excluding carboxylic acids is 1. The summed E-state index contributed by atoms with van der Waals surface area (Å²) in [5.74, 6) is -0.300. The molecule has 0 bridgehead atoms. The number of rotatable bonds is 5. The molecule has 2 amide bonds. The number of hydrogen-bond acceptors (Lipinski definition) is 4. The van der Waals surface area contributed by atoms with Gasteiger partial charge in [-0.05, 0) is 32.3 Å². The molecule has 1 aromatic rings. The second kappa shape index (κ2) is 6.62. The van der Waals surface area contributed by atoms with Gasteiger partial charge in [0.1, 0.15) is 17.1 Å². The zero-order valence-electron chi connectivity index (χ0n) is 12.1. The molecular weight excluding hydrogens is 276 g/mol. The first-order valence-electron chi connectivity index (χ1n) is 6.91. The molecule has 7 nitrogen and oxygen atoms in total. The van der Waals surface area contributed by atoms with E-state index in [2.05, 4.69) is 10.6 Å². The van der Waals surface area contributed by atoms with Gasteiger partial charge in [0.2, 0.25) is 0 Å². The Morgan fingerprint density at radius 2 is 2.24 bits per heavy atom. The van der Waals surface area contributed by atoms with Crippen molar-refractivity contribution in [2.45, 2.75) is 44.9 Å². The van der Waals surface area contributed by atoms with Gasteiger partial charge in [0.05, 0.1) is 18.7 Å². The predicted molar refractivity (Wildman–Crippen MR) is 74.2 cm³/mol. The second-order valence-electron chi connectivity index (χ2n) is 5.13. The molecule has 1 heterocycles. The lowest BCUT2D eigenvalue weighted by atomic mass is 10.2. The first-order valence-corrected chi connectivity index (χ1v) is 6.91. The van der Waals surface area contributed by atoms with Crippen molar-refractivity contribution < 1.29 is 23.8 Å². The van der Waals surface area contributed by atoms with Crippen LogP contribution in [0.4, 0.5) is 4.79 Å². The average Bonchev–Trinajstić information content (AvgIpc) is 3.02. The Morgan fingerprint density at radius 3 is 2.86 bits per heavy atom. The molecule has 0 spiro atoms. The lowest BCUT2D eigenvalue weighted by molar-refractivity contribution is 0.0695. The summed E-state index contributed by atoms with van der Waals surface area (Å²) < 4.78 is 10.6. The molecule has 3 N–H and O–H groups in total. The molecule has 2 unspecified atom stereocenters. The number of aryl methyl sites for hydroxylation is 1. The highest BCUT2D eigenvalue weighted by atomic mass is 16.5. The van der Waals surface area contributed by atoms with Crippen molar-refractivity contribution in [3.8, 4) is 0 Å². The van der Waals surface area contributed by atoms with Crippen LogP contribution in [0.5, 0.6) is 0 Å². The lowest BCUT2D eigenvalue weighted by Gasteiger charge is -2.19. The molecule has 116 valence electrons. The topological polar surface area (TPSA) is 101 Å². The number of ether oxygens (including phenoxy) is 1. The van der Waals surface area contributed by atoms with E-state index in [-0.39, 0.29) is 30.3 Å². The molecule has 1 saturated carbocycles. The molecule has 1 aliphatic carbocycles. The van der Waals surface area contributed by atoms with Crippen molar-refractivity contribution in [2.75, 3.05) is 7.11 Å². The maximum atomic E-state index is 11.8. The van der Waals surface area contributed by atoms with Crippen LogP contribution < -0.4 is 10.6 Å². The lowest BCUT2D eigenvalue weighted by Crippen LogP contribution is -2.45. The van der Waals surface area contributed by atoms with Crippen LogP contribution in [0.3, 0.4) is 0 Å². The van der Waals surface area contributed by atoms with Gasteiger partial charge in [0.15, 0.2) is 0 Å². The van der Waals surface area contributed by atoms with E-state index >= 15 is 0 Å². The number of hydrogen-bond donors (Lipinski definition) is 3. The highest BCUT2D eigenvalue weighted by Gasteiger charge is 2.28. The summed E-state index contributed by atoms with van der Waals surface area (Å²) in [4.78, 5) is 22.7. The Kier molecular flexibility index (Phi) is 4.85. The fraction of sp³-hybridized carbons (Fsp3) is 0.571. The molecule has 1 fully saturated rings. The predicted octanol–water partition coefficient (Wildman–Crippen LogP) is 1.65. The van der Waals surface area contributed by atoms with Crippen LogP contribution in [-0.4, -0.2) is 36.4 Å². The minimum absolute atomic E-state index is 0.0166. The molecule has 1 aromatic heterocycles. The Labute approximate surface area is 122 Å². The zero-order valence-corrected chi connectivity index (χ0v) is 12.1. The standard InChI is InChI=1S/C14H20N2O5/c1-8-10(13(17)18)6-9(21-8)7-15-14(19)16-11-4-3-5-12(11)20-2/h6,11-12H,3-5,7H2,1-2H3,(H,17,18)(H2,15,16,19). The summed E-state index contributed by atoms with van der Waals surface area (Å²) in [6, 6.07) is 1.13. The average molecular weight is 296 g/mol. The first-order chi connectivity index (χ1) is 10.0. The van der Waals surface area contributed by atoms with Crippen LogP contribution >= 0.6 is 0 Å². The maximum absolute atomic E-state index is 11.8. The molecule has 0 radical (unpaired) electrons. The molecule has 0 aromatic carbocycles. The van der Waals surface area contributed by atoms with Crippen LogP contribution in [0.2, 0.25) is 0 Å². The third-order valence-electron chi connectivity index (χ3n) is 3.69. The van der Waals surface area contributed by atoms with Crippen molar-refractivity contribution in [1.82, 2.24) is 10.6 Å². The van der Waals surface area contributed by atoms with Gasteiger partial charge < -0.3 is 24.9 Å². The summed E-state index contributed by atoms with van der Waals surface area (Å²) in [5, 5.41) is 14.4. The highest BCUT2D eigenvalue weighted by Crippen LogP contribution is 2.21. The molecule has 21 heavy (non-hydrogen) atoms. The van der Waals surface area contributed by atoms with E-state index in [0.717, 1.165) is 19.3 Å². The van der Waals surface area contributed by atoms with Gasteiger partial charge >= 0.3 is 12.0 Å². The van der Waals surface area contributed by atoms with Gasteiger partial charge in [-0.1, -0.05) is 0 Å². The number of nitrogens with one attached hydrogen (secondary N) is 2. The Hall–Kier alpha value is -2.02. The number of amides is 2. The van der Waals surface area contributed by atoms with Crippen molar-refractivity contribution in [1.29, 1.82) is 0 Å². The van der Waals surface area contributed by atoms with Crippen LogP contribution in [0.25, 0.3) is 0 Å². The summed E-state index contributed by atoms with van der Waals surface area (Å²) >= 11 is 0. The van der Waals surface area contributed by atoms with Crippen molar-refractivity contribution in [3.05, 3.63) is 23.2 Å². The summed E-state index contributed by atoms with van der Waals surface area (Å²) in [6.07, 6.45) is 2.93. The van der Waals surface area contributed by atoms with E-state index in [9.17, 15) is 9.59 Å². The molecule has 2 atom stereocenters. The van der Waals surface area contributed by atoms with Crippen LogP contribution in [0.15, 0.2) is 10.5 Å². The number of carbonyl (C=O) groups is 2. The number of carboxylic acid groups (broad SMARTS) is 1. The van der Waals surface area contributed by atoms with E-state index < -0.39 is 5.97 Å². The molecule has 0 aliphatic heterocycles. The largest absolute Gasteiger partial charge is 0.478 e. The van der Waals surface area contributed by atoms with Gasteiger partial charge in [0.25, 0.3) is 0 Å². The van der Waals surface area contributed by atoms with E-state index in [0.29, 0.717) is 11.5 Å². The molecule has 2 rings (SSSR count). The number of urea groups is 1. The van der Waals surface area contributed by atoms with Gasteiger partial charge in [-0.15, -0.1) is 0 Å². The highest BCUT2D eigenvalue weighted by molar-refractivity contribution is 5.88. The second-order valence-corrected chi connectivity index (χ2v) is 5.13. The Morgan fingerprint density at radius 1 is 1.48 bits per heavy atom. The van der Waals surface area contributed by atoms with Crippen LogP contribution in [-0.2, 0) is 11.3 Å². The van der Waals surface area contributed by atoms with Crippen molar-refractivity contribution in [2.24, 2.45) is 0 Å². The SMILES string of the molecule is COC1CCCC1NC(=O)NCc1cc(C(=O)O)c(C)o1. The third kappa shape index (κ3) is 3.75. The summed E-state index contributed by atoms with van der Waals surface area (Å²) in [7, 11) is 1.64. The fourth-order valence-corrected chi connectivity index (χ4v) is 2.60. The fourth-order valence-electron chi connectivity index (χ4n) is 2.60. The van der Waals surface area contributed by atoms with Gasteiger partial charge in [0, 0.05) is 7.11 Å². The molecule has 0 saturated heterocycles. The monoisotopic (exact) mass is 296 g/mol. The summed E-state index contributed by atoms with van der Waals surface area (Å²) in [5.41, 5.74) is 0.113. The molecule has 1 aliphatic rings. The molecular formula is C14H20N2O5. The third-order valence-corrected chi connectivity index (χ3v) is 3.69.